The number of rotatable bonds is 3. The molecule has 5 rings (SSSR count). The third-order valence-electron chi connectivity index (χ3n) is 5.76. The maximum absolute atomic E-state index is 4.91. The van der Waals surface area contributed by atoms with E-state index in [0.717, 1.165) is 17.9 Å². The predicted molar refractivity (Wildman–Crippen MR) is 122 cm³/mol. The van der Waals surface area contributed by atoms with Gasteiger partial charge in [0.05, 0.1) is 22.3 Å². The van der Waals surface area contributed by atoms with Crippen molar-refractivity contribution in [3.05, 3.63) is 83.8 Å². The third kappa shape index (κ3) is 3.29. The summed E-state index contributed by atoms with van der Waals surface area (Å²) in [6.45, 7) is 5.25. The molecular formula is C26H24IN3. The van der Waals surface area contributed by atoms with Crippen molar-refractivity contribution in [2.75, 3.05) is 0 Å². The minimum Gasteiger partial charge on any atom is -1.00 e. The van der Waals surface area contributed by atoms with Crippen LogP contribution in [0.1, 0.15) is 23.9 Å². The Morgan fingerprint density at radius 1 is 0.933 bits per heavy atom. The number of pyridine rings is 2. The van der Waals surface area contributed by atoms with Crippen LogP contribution in [-0.2, 0) is 13.6 Å². The molecule has 2 aromatic carbocycles. The summed E-state index contributed by atoms with van der Waals surface area (Å²) in [6, 6.07) is 21.5. The monoisotopic (exact) mass is 505 g/mol. The zero-order chi connectivity index (χ0) is 20.0. The Balaban J connectivity index is 0.00000218. The van der Waals surface area contributed by atoms with E-state index in [2.05, 4.69) is 109 Å². The van der Waals surface area contributed by atoms with Crippen LogP contribution in [0.4, 0.5) is 0 Å². The number of aromatic nitrogens is 3. The number of hydrogen-bond acceptors (Lipinski definition) is 1. The Morgan fingerprint density at radius 3 is 2.47 bits per heavy atom. The SMILES string of the molecule is CCn1c2ccccc2c2cc(/C=C/c3cc[n+](C)c4ccccc34)nc(C)c21.[I-]. The van der Waals surface area contributed by atoms with Crippen LogP contribution < -0.4 is 28.5 Å². The quantitative estimate of drug-likeness (QED) is 0.273. The minimum atomic E-state index is 0. The maximum Gasteiger partial charge on any atom is 0.212 e. The highest BCUT2D eigenvalue weighted by Crippen LogP contribution is 2.31. The van der Waals surface area contributed by atoms with Gasteiger partial charge in [0, 0.05) is 35.0 Å². The van der Waals surface area contributed by atoms with Crippen molar-refractivity contribution in [3.8, 4) is 0 Å². The van der Waals surface area contributed by atoms with Gasteiger partial charge in [0.1, 0.15) is 7.05 Å². The fraction of sp³-hybridized carbons (Fsp3) is 0.154. The molecule has 30 heavy (non-hydrogen) atoms. The molecule has 0 aliphatic heterocycles. The fourth-order valence-electron chi connectivity index (χ4n) is 4.42. The van der Waals surface area contributed by atoms with Gasteiger partial charge in [0.2, 0.25) is 5.52 Å². The highest BCUT2D eigenvalue weighted by atomic mass is 127. The van der Waals surface area contributed by atoms with Crippen molar-refractivity contribution < 1.29 is 28.5 Å². The van der Waals surface area contributed by atoms with Crippen LogP contribution in [0.25, 0.3) is 44.9 Å². The molecule has 0 amide bonds. The molecule has 0 bridgehead atoms. The lowest BCUT2D eigenvalue weighted by Gasteiger charge is -2.06. The zero-order valence-corrected chi connectivity index (χ0v) is 19.6. The molecule has 0 aliphatic carbocycles. The molecule has 0 fully saturated rings. The lowest BCUT2D eigenvalue weighted by atomic mass is 10.1. The summed E-state index contributed by atoms with van der Waals surface area (Å²) in [5.41, 5.74) is 7.01. The topological polar surface area (TPSA) is 21.7 Å². The fourth-order valence-corrected chi connectivity index (χ4v) is 4.42. The predicted octanol–water partition coefficient (Wildman–Crippen LogP) is 2.67. The van der Waals surface area contributed by atoms with Gasteiger partial charge in [0.25, 0.3) is 0 Å². The molecule has 3 heterocycles. The second kappa shape index (κ2) is 8.19. The number of nitrogens with zero attached hydrogens (tertiary/aromatic N) is 3. The molecule has 3 aromatic heterocycles. The lowest BCUT2D eigenvalue weighted by Crippen LogP contribution is -3.00. The van der Waals surface area contributed by atoms with Crippen molar-refractivity contribution in [3.63, 3.8) is 0 Å². The molecular weight excluding hydrogens is 481 g/mol. The Kier molecular flexibility index (Phi) is 5.60. The highest BCUT2D eigenvalue weighted by molar-refractivity contribution is 6.09. The number of aryl methyl sites for hydroxylation is 3. The van der Waals surface area contributed by atoms with Crippen LogP contribution in [0.15, 0.2) is 66.9 Å². The Labute approximate surface area is 193 Å². The molecule has 0 spiro atoms. The lowest BCUT2D eigenvalue weighted by molar-refractivity contribution is -0.644. The molecule has 0 radical (unpaired) electrons. The molecule has 0 unspecified atom stereocenters. The van der Waals surface area contributed by atoms with Crippen LogP contribution in [0.2, 0.25) is 0 Å². The first-order valence-corrected chi connectivity index (χ1v) is 10.1. The van der Waals surface area contributed by atoms with Crippen LogP contribution in [0.3, 0.4) is 0 Å². The van der Waals surface area contributed by atoms with E-state index in [-0.39, 0.29) is 24.0 Å². The van der Waals surface area contributed by atoms with E-state index >= 15 is 0 Å². The Hall–Kier alpha value is -2.73. The van der Waals surface area contributed by atoms with Crippen molar-refractivity contribution in [2.24, 2.45) is 7.05 Å². The van der Waals surface area contributed by atoms with E-state index < -0.39 is 0 Å². The first-order chi connectivity index (χ1) is 14.2. The normalized spacial score (nSPS) is 11.6. The van der Waals surface area contributed by atoms with Gasteiger partial charge >= 0.3 is 0 Å². The third-order valence-corrected chi connectivity index (χ3v) is 5.76. The average molecular weight is 505 g/mol. The van der Waals surface area contributed by atoms with Gasteiger partial charge < -0.3 is 28.5 Å². The van der Waals surface area contributed by atoms with Crippen molar-refractivity contribution >= 4 is 44.9 Å². The second-order valence-electron chi connectivity index (χ2n) is 7.52. The molecule has 4 heteroatoms. The van der Waals surface area contributed by atoms with E-state index in [1.54, 1.807) is 0 Å². The molecule has 0 aliphatic rings. The summed E-state index contributed by atoms with van der Waals surface area (Å²) in [5.74, 6) is 0. The maximum atomic E-state index is 4.91. The Bertz CT molecular complexity index is 1410. The van der Waals surface area contributed by atoms with E-state index in [9.17, 15) is 0 Å². The average Bonchev–Trinajstić information content (AvgIpc) is 3.08. The van der Waals surface area contributed by atoms with Gasteiger partial charge in [-0.1, -0.05) is 36.4 Å². The minimum absolute atomic E-state index is 0. The summed E-state index contributed by atoms with van der Waals surface area (Å²) in [7, 11) is 2.08. The van der Waals surface area contributed by atoms with Gasteiger partial charge in [-0.3, -0.25) is 4.98 Å². The highest BCUT2D eigenvalue weighted by Gasteiger charge is 2.13. The molecule has 0 N–H and O–H groups in total. The first-order valence-electron chi connectivity index (χ1n) is 10.1. The smallest absolute Gasteiger partial charge is 0.212 e. The van der Waals surface area contributed by atoms with Crippen LogP contribution in [0, 0.1) is 6.92 Å². The van der Waals surface area contributed by atoms with Gasteiger partial charge in [0.15, 0.2) is 6.20 Å². The van der Waals surface area contributed by atoms with Gasteiger partial charge in [-0.2, -0.15) is 0 Å². The first kappa shape index (κ1) is 20.5. The van der Waals surface area contributed by atoms with Gasteiger partial charge in [-0.05, 0) is 43.7 Å². The number of hydrogen-bond donors (Lipinski definition) is 0. The van der Waals surface area contributed by atoms with Crippen molar-refractivity contribution in [1.82, 2.24) is 9.55 Å². The van der Waals surface area contributed by atoms with E-state index in [1.165, 1.54) is 38.3 Å². The molecule has 5 aromatic rings. The van der Waals surface area contributed by atoms with Crippen molar-refractivity contribution in [1.29, 1.82) is 0 Å². The molecule has 3 nitrogen and oxygen atoms in total. The molecule has 0 saturated heterocycles. The largest absolute Gasteiger partial charge is 1.00 e. The van der Waals surface area contributed by atoms with Crippen molar-refractivity contribution in [2.45, 2.75) is 20.4 Å². The summed E-state index contributed by atoms with van der Waals surface area (Å²) in [6.07, 6.45) is 6.42. The molecule has 0 saturated carbocycles. The number of benzene rings is 2. The summed E-state index contributed by atoms with van der Waals surface area (Å²) < 4.78 is 4.52. The summed E-state index contributed by atoms with van der Waals surface area (Å²) >= 11 is 0. The second-order valence-corrected chi connectivity index (χ2v) is 7.52. The van der Waals surface area contributed by atoms with Crippen LogP contribution >= 0.6 is 0 Å². The van der Waals surface area contributed by atoms with Gasteiger partial charge in [-0.15, -0.1) is 0 Å². The van der Waals surface area contributed by atoms with Crippen LogP contribution in [0.5, 0.6) is 0 Å². The van der Waals surface area contributed by atoms with E-state index in [1.807, 2.05) is 0 Å². The number of para-hydroxylation sites is 2. The number of fused-ring (bicyclic) bond motifs is 4. The zero-order valence-electron chi connectivity index (χ0n) is 17.4. The van der Waals surface area contributed by atoms with Gasteiger partial charge in [-0.25, -0.2) is 4.57 Å². The summed E-state index contributed by atoms with van der Waals surface area (Å²) in [4.78, 5) is 4.91. The molecule has 150 valence electrons. The Morgan fingerprint density at radius 2 is 1.67 bits per heavy atom. The van der Waals surface area contributed by atoms with E-state index in [4.69, 9.17) is 4.98 Å². The van der Waals surface area contributed by atoms with E-state index in [0.29, 0.717) is 0 Å². The molecule has 0 atom stereocenters. The number of halogens is 1. The van der Waals surface area contributed by atoms with Crippen LogP contribution in [-0.4, -0.2) is 9.55 Å². The standard InChI is InChI=1S/C26H24N3.HI/c1-4-29-25-12-8-6-10-22(25)23-17-20(27-18(2)26(23)29)14-13-19-15-16-28(3)24-11-7-5-9-21(19)24;/h5-17H,4H2,1-3H3;1H/q+1;/p-1. The summed E-state index contributed by atoms with van der Waals surface area (Å²) in [5, 5.41) is 3.81.